The second-order valence-corrected chi connectivity index (χ2v) is 33.0. The van der Waals surface area contributed by atoms with Gasteiger partial charge < -0.3 is 41.0 Å². The number of alkyl carbamates (subject to hydrolysis) is 2. The third kappa shape index (κ3) is 23.6. The van der Waals surface area contributed by atoms with E-state index in [4.69, 9.17) is 9.47 Å². The largest absolute Gasteiger partial charge is 0.507 e. The summed E-state index contributed by atoms with van der Waals surface area (Å²) in [6.45, 7) is 6.16. The smallest absolute Gasteiger partial charge is 0.407 e. The number of aromatic hydroxyl groups is 2. The van der Waals surface area contributed by atoms with Crippen molar-refractivity contribution in [3.63, 3.8) is 0 Å². The van der Waals surface area contributed by atoms with Crippen LogP contribution < -0.4 is 21.3 Å². The molecule has 0 aromatic heterocycles. The number of unbranched alkanes of at least 4 members (excludes halogenated alkanes) is 22. The fraction of sp³-hybridized carbons (Fsp3) is 0.413. The normalized spacial score (nSPS) is 12.7. The zero-order chi connectivity index (χ0) is 77.7. The van der Waals surface area contributed by atoms with Crippen LogP contribution >= 0.6 is 63.7 Å². The Hall–Kier alpha value is -7.90. The fourth-order valence-electron chi connectivity index (χ4n) is 15.4. The minimum Gasteiger partial charge on any atom is -0.507 e. The van der Waals surface area contributed by atoms with Gasteiger partial charge in [0, 0.05) is 53.2 Å². The van der Waals surface area contributed by atoms with Crippen molar-refractivity contribution in [2.75, 3.05) is 23.7 Å². The maximum absolute atomic E-state index is 13.7. The molecule has 2 unspecified atom stereocenters. The van der Waals surface area contributed by atoms with Gasteiger partial charge in [-0.3, -0.25) is 19.2 Å². The SMILES string of the molecule is CCCCCCC(CCCCCCCCCCCNC(=O)OCc1ccc(-c2cc(Br)c(Nc3ccc(O)c4c3C(=O)c3ccccc3C4=O)c(Br)c2)cc1)C(CCCCCC)CCCCCCCCCCCNC(=O)OCc1ccc(-c2cc(Br)c(Nc3ccc(O)c4c3C(=O)c3ccccc3C4=O)c(Br)c2)cc1. The van der Waals surface area contributed by atoms with Crippen molar-refractivity contribution < 1.29 is 48.5 Å². The molecule has 110 heavy (non-hydrogen) atoms. The maximum Gasteiger partial charge on any atom is 0.407 e. The van der Waals surface area contributed by atoms with Crippen LogP contribution in [0.15, 0.2) is 163 Å². The molecule has 2 amide bonds. The Balaban J connectivity index is 0.544. The highest BCUT2D eigenvalue weighted by Gasteiger charge is 2.36. The number of benzene rings is 8. The number of ether oxygens (including phenoxy) is 2. The molecule has 0 saturated heterocycles. The van der Waals surface area contributed by atoms with Crippen LogP contribution in [0.5, 0.6) is 11.5 Å². The Labute approximate surface area is 683 Å². The first-order chi connectivity index (χ1) is 53.5. The lowest BCUT2D eigenvalue weighted by Crippen LogP contribution is -2.25. The highest BCUT2D eigenvalue weighted by Crippen LogP contribution is 2.45. The molecule has 2 aliphatic rings. The van der Waals surface area contributed by atoms with E-state index in [1.54, 1.807) is 60.7 Å². The molecule has 582 valence electrons. The number of phenols is 2. The number of anilines is 4. The van der Waals surface area contributed by atoms with Gasteiger partial charge in [0.1, 0.15) is 24.7 Å². The molecule has 0 spiro atoms. The van der Waals surface area contributed by atoms with Crippen LogP contribution in [0.3, 0.4) is 0 Å². The number of carbonyl (C=O) groups excluding carboxylic acids is 6. The summed E-state index contributed by atoms with van der Waals surface area (Å²) in [4.78, 5) is 79.5. The van der Waals surface area contributed by atoms with Crippen molar-refractivity contribution in [2.24, 2.45) is 11.8 Å². The first kappa shape index (κ1) is 84.5. The van der Waals surface area contributed by atoms with Crippen LogP contribution in [-0.2, 0) is 22.7 Å². The van der Waals surface area contributed by atoms with Gasteiger partial charge in [-0.2, -0.15) is 0 Å². The van der Waals surface area contributed by atoms with Crippen molar-refractivity contribution in [3.8, 4) is 33.8 Å². The van der Waals surface area contributed by atoms with E-state index in [9.17, 15) is 39.0 Å². The van der Waals surface area contributed by atoms with E-state index in [2.05, 4.69) is 98.8 Å². The van der Waals surface area contributed by atoms with Gasteiger partial charge in [-0.25, -0.2) is 9.59 Å². The Morgan fingerprint density at radius 2 is 0.627 bits per heavy atom. The van der Waals surface area contributed by atoms with Crippen molar-refractivity contribution in [3.05, 3.63) is 219 Å². The van der Waals surface area contributed by atoms with Crippen molar-refractivity contribution >= 4 is 122 Å². The van der Waals surface area contributed by atoms with E-state index in [0.717, 1.165) is 70.9 Å². The highest BCUT2D eigenvalue weighted by molar-refractivity contribution is 9.11. The molecule has 0 fully saturated rings. The summed E-state index contributed by atoms with van der Waals surface area (Å²) < 4.78 is 14.0. The number of carbonyl (C=O) groups is 6. The Bertz CT molecular complexity index is 4120. The molecule has 18 heteroatoms. The molecule has 10 rings (SSSR count). The van der Waals surface area contributed by atoms with E-state index in [1.165, 1.54) is 179 Å². The predicted molar refractivity (Wildman–Crippen MR) is 457 cm³/mol. The topological polar surface area (TPSA) is 209 Å². The van der Waals surface area contributed by atoms with Gasteiger partial charge in [-0.1, -0.05) is 291 Å². The van der Waals surface area contributed by atoms with E-state index in [0.29, 0.717) is 64.9 Å². The summed E-state index contributed by atoms with van der Waals surface area (Å²) in [5.41, 5.74) is 8.96. The third-order valence-corrected chi connectivity index (χ3v) is 24.1. The number of amides is 2. The molecular formula is C92H106Br4N4O10. The summed E-state index contributed by atoms with van der Waals surface area (Å²) in [6.07, 6.45) is 37.6. The zero-order valence-electron chi connectivity index (χ0n) is 63.7. The fourth-order valence-corrected chi connectivity index (χ4v) is 18.2. The number of phenolic OH excluding ortho intramolecular Hbond substituents is 2. The molecule has 2 aliphatic carbocycles. The van der Waals surface area contributed by atoms with Crippen LogP contribution in [0.4, 0.5) is 32.3 Å². The van der Waals surface area contributed by atoms with Crippen LogP contribution in [0.1, 0.15) is 281 Å². The number of fused-ring (bicyclic) bond motifs is 4. The van der Waals surface area contributed by atoms with Crippen LogP contribution in [-0.4, -0.2) is 58.6 Å². The van der Waals surface area contributed by atoms with Gasteiger partial charge in [-0.05, 0) is 170 Å². The van der Waals surface area contributed by atoms with Crippen molar-refractivity contribution in [1.29, 1.82) is 0 Å². The summed E-state index contributed by atoms with van der Waals surface area (Å²) in [7, 11) is 0. The highest BCUT2D eigenvalue weighted by atomic mass is 79.9. The van der Waals surface area contributed by atoms with Gasteiger partial charge in [-0.15, -0.1) is 0 Å². The predicted octanol–water partition coefficient (Wildman–Crippen LogP) is 26.6. The van der Waals surface area contributed by atoms with Crippen molar-refractivity contribution in [2.45, 2.75) is 220 Å². The number of rotatable bonds is 45. The van der Waals surface area contributed by atoms with Crippen LogP contribution in [0.2, 0.25) is 0 Å². The molecule has 2 atom stereocenters. The van der Waals surface area contributed by atoms with Crippen LogP contribution in [0, 0.1) is 11.8 Å². The van der Waals surface area contributed by atoms with Crippen molar-refractivity contribution in [1.82, 2.24) is 10.6 Å². The summed E-state index contributed by atoms with van der Waals surface area (Å²) in [5.74, 6) is -0.234. The first-order valence-corrected chi connectivity index (χ1v) is 43.3. The quantitative estimate of drug-likeness (QED) is 0.0156. The standard InChI is InChI=1S/C92H106Br4N4O10/c1-3-5-7-23-33-63(35-25-19-15-11-9-13-17-21-31-53-97-91(107)109-59-61-41-45-65(46-42-61)67-55-73(93)85(74(94)56-67)99-77-49-51-79(101)83-81(77)87(103)69-37-27-29-39-71(69)89(83)105)64(34-24-8-6-4-2)36-26-20-16-12-10-14-18-22-32-54-98-92(108)110-60-62-43-47-66(48-44-62)68-57-75(95)86(76(96)58-68)100-78-50-52-80(102)84-82(78)88(104)70-38-28-30-40-72(70)90(84)106/h27-30,37-52,55-58,63-64,99-102H,3-26,31-36,53-54,59-60H2,1-2H3,(H,97,107)(H,98,108). The first-order valence-electron chi connectivity index (χ1n) is 40.1. The summed E-state index contributed by atoms with van der Waals surface area (Å²) >= 11 is 14.8. The molecule has 0 radical (unpaired) electrons. The molecule has 14 nitrogen and oxygen atoms in total. The molecule has 0 aliphatic heterocycles. The lowest BCUT2D eigenvalue weighted by Gasteiger charge is -2.28. The summed E-state index contributed by atoms with van der Waals surface area (Å²) in [6, 6.07) is 42.9. The van der Waals surface area contributed by atoms with E-state index < -0.39 is 23.8 Å². The monoisotopic (exact) mass is 1740 g/mol. The van der Waals surface area contributed by atoms with E-state index in [-0.39, 0.29) is 69.7 Å². The molecule has 6 N–H and O–H groups in total. The lowest BCUT2D eigenvalue weighted by atomic mass is 9.78. The average molecular weight is 1750 g/mol. The Kier molecular flexibility index (Phi) is 33.7. The van der Waals surface area contributed by atoms with E-state index in [1.807, 2.05) is 72.8 Å². The Morgan fingerprint density at radius 1 is 0.345 bits per heavy atom. The number of hydrogen-bond donors (Lipinski definition) is 6. The molecule has 8 aromatic rings. The van der Waals surface area contributed by atoms with Gasteiger partial charge in [0.15, 0.2) is 23.1 Å². The third-order valence-electron chi connectivity index (χ3n) is 21.6. The van der Waals surface area contributed by atoms with Gasteiger partial charge >= 0.3 is 12.2 Å². The molecular weight excluding hydrogens is 1640 g/mol. The van der Waals surface area contributed by atoms with Gasteiger partial charge in [0.25, 0.3) is 0 Å². The maximum atomic E-state index is 13.7. The van der Waals surface area contributed by atoms with Gasteiger partial charge in [0.2, 0.25) is 0 Å². The number of ketones is 4. The lowest BCUT2D eigenvalue weighted by molar-refractivity contribution is 0.0977. The second kappa shape index (κ2) is 43.8. The second-order valence-electron chi connectivity index (χ2n) is 29.6. The number of halogens is 4. The molecule has 0 heterocycles. The van der Waals surface area contributed by atoms with E-state index >= 15 is 0 Å². The summed E-state index contributed by atoms with van der Waals surface area (Å²) in [5, 5.41) is 33.9. The molecule has 0 saturated carbocycles. The minimum atomic E-state index is -0.411. The Morgan fingerprint density at radius 3 is 0.936 bits per heavy atom. The zero-order valence-corrected chi connectivity index (χ0v) is 70.1. The number of nitrogens with one attached hydrogen (secondary N) is 4. The average Bonchev–Trinajstić information content (AvgIpc) is 0.748. The number of hydrogen-bond acceptors (Lipinski definition) is 12. The van der Waals surface area contributed by atoms with Crippen LogP contribution in [0.25, 0.3) is 22.3 Å². The molecule has 0 bridgehead atoms. The minimum absolute atomic E-state index is 0.0138. The van der Waals surface area contributed by atoms with Gasteiger partial charge in [0.05, 0.1) is 45.0 Å². The molecule has 8 aromatic carbocycles.